The van der Waals surface area contributed by atoms with E-state index in [1.807, 2.05) is 25.1 Å². The van der Waals surface area contributed by atoms with Crippen LogP contribution in [-0.2, 0) is 6.54 Å². The lowest BCUT2D eigenvalue weighted by Gasteiger charge is -2.15. The summed E-state index contributed by atoms with van der Waals surface area (Å²) in [5.41, 5.74) is 1.83. The van der Waals surface area contributed by atoms with Gasteiger partial charge >= 0.3 is 0 Å². The number of phenolic OH excluding ortho intramolecular Hbond substituents is 2. The molecule has 1 aliphatic rings. The molecular weight excluding hydrogens is 270 g/mol. The molecule has 110 valence electrons. The van der Waals surface area contributed by atoms with Crippen LogP contribution in [0, 0.1) is 0 Å². The van der Waals surface area contributed by atoms with Crippen molar-refractivity contribution in [3.63, 3.8) is 0 Å². The Kier molecular flexibility index (Phi) is 3.58. The molecule has 0 bridgehead atoms. The molecule has 21 heavy (non-hydrogen) atoms. The number of benzene rings is 2. The number of hydrogen-bond donors (Lipinski definition) is 3. The van der Waals surface area contributed by atoms with Crippen LogP contribution in [0.15, 0.2) is 36.4 Å². The number of para-hydroxylation sites is 1. The third-order valence-electron chi connectivity index (χ3n) is 3.50. The fraction of sp³-hybridized carbons (Fsp3) is 0.250. The molecule has 2 aromatic rings. The molecule has 1 unspecified atom stereocenters. The molecule has 0 saturated carbocycles. The molecule has 5 heteroatoms. The molecule has 0 aromatic heterocycles. The number of ether oxygens (including phenoxy) is 2. The number of nitrogens with one attached hydrogen (secondary N) is 1. The van der Waals surface area contributed by atoms with Gasteiger partial charge in [0.2, 0.25) is 6.79 Å². The van der Waals surface area contributed by atoms with E-state index in [1.165, 1.54) is 6.07 Å². The first-order chi connectivity index (χ1) is 10.1. The van der Waals surface area contributed by atoms with Gasteiger partial charge in [0.15, 0.2) is 11.5 Å². The highest BCUT2D eigenvalue weighted by Gasteiger charge is 2.17. The molecule has 2 aromatic carbocycles. The Labute approximate surface area is 122 Å². The van der Waals surface area contributed by atoms with Crippen molar-refractivity contribution in [2.24, 2.45) is 0 Å². The van der Waals surface area contributed by atoms with Crippen LogP contribution >= 0.6 is 0 Å². The van der Waals surface area contributed by atoms with E-state index in [-0.39, 0.29) is 24.3 Å². The summed E-state index contributed by atoms with van der Waals surface area (Å²) < 4.78 is 10.8. The fourth-order valence-corrected chi connectivity index (χ4v) is 2.38. The molecule has 1 heterocycles. The summed E-state index contributed by atoms with van der Waals surface area (Å²) in [5.74, 6) is 1.64. The molecule has 0 aliphatic carbocycles. The molecule has 3 N–H and O–H groups in total. The number of phenols is 2. The Balaban J connectivity index is 1.71. The minimum absolute atomic E-state index is 0.0267. The van der Waals surface area contributed by atoms with Crippen molar-refractivity contribution in [2.75, 3.05) is 6.79 Å². The Morgan fingerprint density at radius 1 is 1.14 bits per heavy atom. The monoisotopic (exact) mass is 287 g/mol. The fourth-order valence-electron chi connectivity index (χ4n) is 2.38. The van der Waals surface area contributed by atoms with Gasteiger partial charge in [0.05, 0.1) is 0 Å². The lowest BCUT2D eigenvalue weighted by molar-refractivity contribution is 0.173. The van der Waals surface area contributed by atoms with Crippen molar-refractivity contribution in [3.8, 4) is 23.0 Å². The number of fused-ring (bicyclic) bond motifs is 1. The smallest absolute Gasteiger partial charge is 0.231 e. The van der Waals surface area contributed by atoms with Crippen LogP contribution in [0.4, 0.5) is 0 Å². The van der Waals surface area contributed by atoms with Gasteiger partial charge in [-0.15, -0.1) is 0 Å². The Bertz CT molecular complexity index is 636. The Morgan fingerprint density at radius 2 is 1.90 bits per heavy atom. The zero-order valence-corrected chi connectivity index (χ0v) is 11.7. The maximum absolute atomic E-state index is 9.53. The van der Waals surface area contributed by atoms with Crippen molar-refractivity contribution in [2.45, 2.75) is 19.5 Å². The molecule has 0 spiro atoms. The predicted molar refractivity (Wildman–Crippen MR) is 77.6 cm³/mol. The SMILES string of the molecule is CC(NCc1cccc2c1OCO2)c1cc(O)cc(O)c1. The second-order valence-corrected chi connectivity index (χ2v) is 5.04. The van der Waals surface area contributed by atoms with Crippen molar-refractivity contribution in [1.29, 1.82) is 0 Å². The molecule has 0 fully saturated rings. The molecule has 0 amide bonds. The minimum atomic E-state index is -0.0267. The molecule has 1 aliphatic heterocycles. The number of rotatable bonds is 4. The van der Waals surface area contributed by atoms with Crippen molar-refractivity contribution in [1.82, 2.24) is 5.32 Å². The Morgan fingerprint density at radius 3 is 2.67 bits per heavy atom. The van der Waals surface area contributed by atoms with Gasteiger partial charge in [-0.1, -0.05) is 12.1 Å². The topological polar surface area (TPSA) is 71.0 Å². The number of aromatic hydroxyl groups is 2. The van der Waals surface area contributed by atoms with Crippen LogP contribution in [0.1, 0.15) is 24.1 Å². The summed E-state index contributed by atoms with van der Waals surface area (Å²) in [5, 5.41) is 22.4. The van der Waals surface area contributed by atoms with E-state index in [2.05, 4.69) is 5.32 Å². The minimum Gasteiger partial charge on any atom is -0.508 e. The molecule has 0 radical (unpaired) electrons. The molecule has 5 nitrogen and oxygen atoms in total. The van der Waals surface area contributed by atoms with E-state index in [1.54, 1.807) is 12.1 Å². The zero-order valence-electron chi connectivity index (χ0n) is 11.7. The van der Waals surface area contributed by atoms with Crippen molar-refractivity contribution < 1.29 is 19.7 Å². The van der Waals surface area contributed by atoms with Crippen molar-refractivity contribution >= 4 is 0 Å². The van der Waals surface area contributed by atoms with Gasteiger partial charge in [0.25, 0.3) is 0 Å². The van der Waals surface area contributed by atoms with E-state index in [0.29, 0.717) is 6.54 Å². The first kappa shape index (κ1) is 13.6. The average Bonchev–Trinajstić information content (AvgIpc) is 2.92. The second-order valence-electron chi connectivity index (χ2n) is 5.04. The highest BCUT2D eigenvalue weighted by atomic mass is 16.7. The van der Waals surface area contributed by atoms with Gasteiger partial charge in [0, 0.05) is 24.2 Å². The van der Waals surface area contributed by atoms with E-state index in [9.17, 15) is 10.2 Å². The normalized spacial score (nSPS) is 14.1. The van der Waals surface area contributed by atoms with Gasteiger partial charge < -0.3 is 25.0 Å². The largest absolute Gasteiger partial charge is 0.508 e. The van der Waals surface area contributed by atoms with Gasteiger partial charge in [-0.05, 0) is 30.7 Å². The summed E-state index contributed by atoms with van der Waals surface area (Å²) in [6.45, 7) is 2.82. The van der Waals surface area contributed by atoms with E-state index < -0.39 is 0 Å². The van der Waals surface area contributed by atoms with Crippen LogP contribution in [-0.4, -0.2) is 17.0 Å². The average molecular weight is 287 g/mol. The first-order valence-electron chi connectivity index (χ1n) is 6.77. The van der Waals surface area contributed by atoms with Gasteiger partial charge in [-0.2, -0.15) is 0 Å². The summed E-state index contributed by atoms with van der Waals surface area (Å²) in [6, 6.07) is 10.3. The predicted octanol–water partition coefficient (Wildman–Crippen LogP) is 2.68. The Hall–Kier alpha value is -2.40. The zero-order chi connectivity index (χ0) is 14.8. The van der Waals surface area contributed by atoms with Crippen LogP contribution in [0.2, 0.25) is 0 Å². The summed E-state index contributed by atoms with van der Waals surface area (Å²) in [7, 11) is 0. The third-order valence-corrected chi connectivity index (χ3v) is 3.50. The maximum Gasteiger partial charge on any atom is 0.231 e. The van der Waals surface area contributed by atoms with Crippen LogP contribution < -0.4 is 14.8 Å². The third kappa shape index (κ3) is 2.87. The quantitative estimate of drug-likeness (QED) is 0.806. The van der Waals surface area contributed by atoms with Gasteiger partial charge in [0.1, 0.15) is 11.5 Å². The van der Waals surface area contributed by atoms with E-state index >= 15 is 0 Å². The summed E-state index contributed by atoms with van der Waals surface area (Å²) >= 11 is 0. The van der Waals surface area contributed by atoms with E-state index in [4.69, 9.17) is 9.47 Å². The lowest BCUT2D eigenvalue weighted by Crippen LogP contribution is -2.18. The van der Waals surface area contributed by atoms with Crippen LogP contribution in [0.5, 0.6) is 23.0 Å². The van der Waals surface area contributed by atoms with Crippen LogP contribution in [0.3, 0.4) is 0 Å². The lowest BCUT2D eigenvalue weighted by atomic mass is 10.1. The molecule has 1 atom stereocenters. The van der Waals surface area contributed by atoms with Gasteiger partial charge in [-0.25, -0.2) is 0 Å². The molecular formula is C16H17NO4. The van der Waals surface area contributed by atoms with Gasteiger partial charge in [-0.3, -0.25) is 0 Å². The molecule has 0 saturated heterocycles. The number of hydrogen-bond acceptors (Lipinski definition) is 5. The highest BCUT2D eigenvalue weighted by Crippen LogP contribution is 2.35. The summed E-state index contributed by atoms with van der Waals surface area (Å²) in [4.78, 5) is 0. The van der Waals surface area contributed by atoms with Crippen molar-refractivity contribution in [3.05, 3.63) is 47.5 Å². The maximum atomic E-state index is 9.53. The van der Waals surface area contributed by atoms with Crippen LogP contribution in [0.25, 0.3) is 0 Å². The first-order valence-corrected chi connectivity index (χ1v) is 6.77. The van der Waals surface area contributed by atoms with E-state index in [0.717, 1.165) is 22.6 Å². The highest BCUT2D eigenvalue weighted by molar-refractivity contribution is 5.48. The standard InChI is InChI=1S/C16H17NO4/c1-10(12-5-13(18)7-14(19)6-12)17-8-11-3-2-4-15-16(11)21-9-20-15/h2-7,10,17-19H,8-9H2,1H3. The molecule has 3 rings (SSSR count). The second kappa shape index (κ2) is 5.54. The summed E-state index contributed by atoms with van der Waals surface area (Å²) in [6.07, 6.45) is 0.